The van der Waals surface area contributed by atoms with Crippen molar-refractivity contribution in [1.82, 2.24) is 0 Å². The lowest BCUT2D eigenvalue weighted by Crippen LogP contribution is -2.27. The first-order valence-corrected chi connectivity index (χ1v) is 13.7. The number of carbonyl (C=O) groups excluding carboxylic acids is 1. The maximum absolute atomic E-state index is 10.2. The number of hydrogen-bond donors (Lipinski definition) is 1. The molecule has 0 unspecified atom stereocenters. The van der Waals surface area contributed by atoms with Gasteiger partial charge in [0.05, 0.1) is 0 Å². The SMILES string of the molecule is C=C(C)/C=C\C(C)=C/C.C=C(C)c1cc(OCc2ccccc2)cc(OCc2ccccc2)c1.CC(=O)C(C)(C)O. The molecule has 0 saturated carbocycles. The molecule has 0 radical (unpaired) electrons. The van der Waals surface area contributed by atoms with Gasteiger partial charge in [0, 0.05) is 6.07 Å². The van der Waals surface area contributed by atoms with E-state index in [0.29, 0.717) is 13.2 Å². The van der Waals surface area contributed by atoms with E-state index >= 15 is 0 Å². The largest absolute Gasteiger partial charge is 0.489 e. The van der Waals surface area contributed by atoms with E-state index in [4.69, 9.17) is 14.6 Å². The Hall–Kier alpha value is -4.15. The average Bonchev–Trinajstić information content (AvgIpc) is 2.95. The van der Waals surface area contributed by atoms with Gasteiger partial charge in [0.25, 0.3) is 0 Å². The summed E-state index contributed by atoms with van der Waals surface area (Å²) < 4.78 is 11.9. The van der Waals surface area contributed by atoms with Crippen LogP contribution in [-0.4, -0.2) is 16.5 Å². The number of ether oxygens (including phenoxy) is 2. The normalized spacial score (nSPS) is 11.0. The first-order chi connectivity index (χ1) is 19.3. The van der Waals surface area contributed by atoms with Crippen LogP contribution in [0.3, 0.4) is 0 Å². The lowest BCUT2D eigenvalue weighted by atomic mass is 10.1. The van der Waals surface area contributed by atoms with Gasteiger partial charge in [-0.15, -0.1) is 0 Å². The highest BCUT2D eigenvalue weighted by Gasteiger charge is 2.17. The van der Waals surface area contributed by atoms with E-state index in [-0.39, 0.29) is 5.78 Å². The molecule has 0 aromatic heterocycles. The van der Waals surface area contributed by atoms with Gasteiger partial charge < -0.3 is 14.6 Å². The molecule has 0 heterocycles. The zero-order chi connectivity index (χ0) is 30.8. The average molecular weight is 555 g/mol. The molecule has 0 spiro atoms. The zero-order valence-corrected chi connectivity index (χ0v) is 25.7. The Morgan fingerprint density at radius 1 is 0.780 bits per heavy atom. The van der Waals surface area contributed by atoms with E-state index in [1.165, 1.54) is 26.3 Å². The highest BCUT2D eigenvalue weighted by molar-refractivity contribution is 5.83. The Morgan fingerprint density at radius 2 is 1.20 bits per heavy atom. The molecule has 3 rings (SSSR count). The van der Waals surface area contributed by atoms with Crippen LogP contribution in [0.5, 0.6) is 11.5 Å². The van der Waals surface area contributed by atoms with Crippen LogP contribution in [0.15, 0.2) is 121 Å². The van der Waals surface area contributed by atoms with Crippen LogP contribution >= 0.6 is 0 Å². The molecule has 218 valence electrons. The van der Waals surface area contributed by atoms with Gasteiger partial charge in [-0.05, 0) is 77.3 Å². The minimum absolute atomic E-state index is 0.201. The Morgan fingerprint density at radius 3 is 1.51 bits per heavy atom. The molecule has 3 aromatic rings. The minimum Gasteiger partial charge on any atom is -0.489 e. The van der Waals surface area contributed by atoms with Gasteiger partial charge in [0.15, 0.2) is 5.78 Å². The van der Waals surface area contributed by atoms with Crippen molar-refractivity contribution in [2.75, 3.05) is 0 Å². The fourth-order valence-electron chi connectivity index (χ4n) is 2.84. The maximum Gasteiger partial charge on any atom is 0.160 e. The third kappa shape index (κ3) is 15.9. The number of ketones is 1. The Labute approximate surface area is 247 Å². The van der Waals surface area contributed by atoms with Crippen LogP contribution in [0.4, 0.5) is 0 Å². The van der Waals surface area contributed by atoms with E-state index in [9.17, 15) is 4.79 Å². The van der Waals surface area contributed by atoms with Crippen molar-refractivity contribution in [3.8, 4) is 11.5 Å². The van der Waals surface area contributed by atoms with E-state index in [0.717, 1.165) is 39.3 Å². The van der Waals surface area contributed by atoms with Crippen LogP contribution in [-0.2, 0) is 18.0 Å². The molecular formula is C37H46O4. The van der Waals surface area contributed by atoms with E-state index in [1.54, 1.807) is 0 Å². The van der Waals surface area contributed by atoms with E-state index in [1.807, 2.05) is 81.4 Å². The molecule has 3 aromatic carbocycles. The van der Waals surface area contributed by atoms with Gasteiger partial charge >= 0.3 is 0 Å². The predicted octanol–water partition coefficient (Wildman–Crippen LogP) is 9.31. The highest BCUT2D eigenvalue weighted by Crippen LogP contribution is 2.28. The number of hydrogen-bond acceptors (Lipinski definition) is 4. The predicted molar refractivity (Wildman–Crippen MR) is 173 cm³/mol. The van der Waals surface area contributed by atoms with Gasteiger partial charge in [-0.1, -0.05) is 109 Å². The van der Waals surface area contributed by atoms with Crippen molar-refractivity contribution >= 4 is 11.4 Å². The molecule has 0 aliphatic carbocycles. The monoisotopic (exact) mass is 554 g/mol. The lowest BCUT2D eigenvalue weighted by molar-refractivity contribution is -0.131. The second kappa shape index (κ2) is 18.2. The summed E-state index contributed by atoms with van der Waals surface area (Å²) in [5.41, 5.74) is 5.50. The standard InChI is InChI=1S/C23H22O2.C9H14.C5H10O2/c1-18(2)21-13-22(24-16-19-9-5-3-6-10-19)15-23(14-21)25-17-20-11-7-4-8-12-20;1-5-9(4)7-6-8(2)3;1-4(6)5(2,3)7/h3-15H,1,16-17H2,2H3;5-7H,2H2,1,3-4H3;7H,1-3H3/b;7-6-,9-5-;. The second-order valence-electron chi connectivity index (χ2n) is 10.3. The van der Waals surface area contributed by atoms with Crippen LogP contribution < -0.4 is 9.47 Å². The highest BCUT2D eigenvalue weighted by atomic mass is 16.5. The Balaban J connectivity index is 0.000000433. The number of allylic oxidation sites excluding steroid dienone is 6. The van der Waals surface area contributed by atoms with Gasteiger partial charge in [0.2, 0.25) is 0 Å². The molecular weight excluding hydrogens is 508 g/mol. The molecule has 0 bridgehead atoms. The van der Waals surface area contributed by atoms with Crippen LogP contribution in [0.25, 0.3) is 5.57 Å². The third-order valence-electron chi connectivity index (χ3n) is 5.82. The molecule has 0 saturated heterocycles. The first kappa shape index (κ1) is 34.9. The summed E-state index contributed by atoms with van der Waals surface area (Å²) in [6, 6.07) is 26.2. The summed E-state index contributed by atoms with van der Waals surface area (Å²) in [6.45, 7) is 21.2. The van der Waals surface area contributed by atoms with Crippen molar-refractivity contribution in [1.29, 1.82) is 0 Å². The molecule has 0 aliphatic heterocycles. The van der Waals surface area contributed by atoms with Crippen molar-refractivity contribution in [3.05, 3.63) is 138 Å². The number of carbonyl (C=O) groups is 1. The fourth-order valence-corrected chi connectivity index (χ4v) is 2.84. The van der Waals surface area contributed by atoms with Crippen LogP contribution in [0.2, 0.25) is 0 Å². The second-order valence-corrected chi connectivity index (χ2v) is 10.3. The van der Waals surface area contributed by atoms with Gasteiger partial charge in [-0.2, -0.15) is 0 Å². The zero-order valence-electron chi connectivity index (χ0n) is 25.7. The number of rotatable bonds is 10. The smallest absolute Gasteiger partial charge is 0.160 e. The Bertz CT molecular complexity index is 1230. The summed E-state index contributed by atoms with van der Waals surface area (Å²) >= 11 is 0. The summed E-state index contributed by atoms with van der Waals surface area (Å²) in [7, 11) is 0. The lowest BCUT2D eigenvalue weighted by Gasteiger charge is -2.13. The molecule has 0 amide bonds. The molecule has 4 nitrogen and oxygen atoms in total. The van der Waals surface area contributed by atoms with E-state index < -0.39 is 5.60 Å². The van der Waals surface area contributed by atoms with Gasteiger partial charge in [0.1, 0.15) is 30.3 Å². The van der Waals surface area contributed by atoms with Crippen molar-refractivity contribution in [3.63, 3.8) is 0 Å². The van der Waals surface area contributed by atoms with Crippen LogP contribution in [0, 0.1) is 0 Å². The quantitative estimate of drug-likeness (QED) is 0.254. The van der Waals surface area contributed by atoms with Crippen molar-refractivity contribution < 1.29 is 19.4 Å². The molecule has 41 heavy (non-hydrogen) atoms. The number of benzene rings is 3. The fraction of sp³-hybridized carbons (Fsp3) is 0.270. The topological polar surface area (TPSA) is 55.8 Å². The molecule has 0 atom stereocenters. The molecule has 4 heteroatoms. The number of Topliss-reactive ketones (excluding diaryl/α,β-unsaturated/α-hetero) is 1. The molecule has 1 N–H and O–H groups in total. The van der Waals surface area contributed by atoms with Crippen molar-refractivity contribution in [2.24, 2.45) is 0 Å². The molecule has 0 fully saturated rings. The van der Waals surface area contributed by atoms with Gasteiger partial charge in [-0.25, -0.2) is 0 Å². The minimum atomic E-state index is -1.14. The first-order valence-electron chi connectivity index (χ1n) is 13.7. The summed E-state index contributed by atoms with van der Waals surface area (Å²) in [5.74, 6) is 1.37. The summed E-state index contributed by atoms with van der Waals surface area (Å²) in [4.78, 5) is 10.2. The summed E-state index contributed by atoms with van der Waals surface area (Å²) in [6.07, 6.45) is 6.14. The molecule has 0 aliphatic rings. The summed E-state index contributed by atoms with van der Waals surface area (Å²) in [5, 5.41) is 8.75. The van der Waals surface area contributed by atoms with E-state index in [2.05, 4.69) is 56.5 Å². The third-order valence-corrected chi connectivity index (χ3v) is 5.82. The maximum atomic E-state index is 10.2. The van der Waals surface area contributed by atoms with Gasteiger partial charge in [-0.3, -0.25) is 4.79 Å². The number of aliphatic hydroxyl groups is 1. The van der Waals surface area contributed by atoms with Crippen LogP contribution in [0.1, 0.15) is 65.2 Å². The Kier molecular flexibility index (Phi) is 15.5. The van der Waals surface area contributed by atoms with Crippen molar-refractivity contribution in [2.45, 2.75) is 67.3 Å².